The lowest BCUT2D eigenvalue weighted by molar-refractivity contribution is -0.142. The van der Waals surface area contributed by atoms with E-state index in [-0.39, 0.29) is 13.8 Å². The summed E-state index contributed by atoms with van der Waals surface area (Å²) < 4.78 is 5.16. The molecule has 2 rings (SSSR count). The number of amides is 2. The lowest BCUT2D eigenvalue weighted by Crippen LogP contribution is -2.58. The molecule has 2 amide bonds. The van der Waals surface area contributed by atoms with Gasteiger partial charge >= 0.3 is 12.1 Å². The predicted octanol–water partition coefficient (Wildman–Crippen LogP) is 3.22. The highest BCUT2D eigenvalue weighted by Gasteiger charge is 2.34. The van der Waals surface area contributed by atoms with Crippen LogP contribution in [-0.2, 0) is 20.7 Å². The number of carbonyl (C=O) groups is 3. The zero-order valence-corrected chi connectivity index (χ0v) is 16.8. The second kappa shape index (κ2) is 8.98. The number of alkyl carbamates (subject to hydrolysis) is 1. The van der Waals surface area contributed by atoms with Crippen molar-refractivity contribution in [2.24, 2.45) is 0 Å². The summed E-state index contributed by atoms with van der Waals surface area (Å²) >= 11 is 0. The molecule has 2 aromatic rings. The number of aromatic nitrogens is 1. The van der Waals surface area contributed by atoms with E-state index in [1.807, 2.05) is 24.3 Å². The van der Waals surface area contributed by atoms with Crippen LogP contribution in [0.1, 0.15) is 47.6 Å². The molecule has 29 heavy (non-hydrogen) atoms. The van der Waals surface area contributed by atoms with Crippen molar-refractivity contribution < 1.29 is 24.2 Å². The second-order valence-corrected chi connectivity index (χ2v) is 8.18. The van der Waals surface area contributed by atoms with Crippen molar-refractivity contribution in [3.63, 3.8) is 0 Å². The molecule has 4 N–H and O–H groups in total. The first-order chi connectivity index (χ1) is 12.9. The van der Waals surface area contributed by atoms with E-state index in [4.69, 9.17) is 4.74 Å². The maximum Gasteiger partial charge on any atom is 0.408 e. The van der Waals surface area contributed by atoms with E-state index in [1.165, 1.54) is 13.8 Å². The Balaban J connectivity index is 0.00000420. The third kappa shape index (κ3) is 6.51. The van der Waals surface area contributed by atoms with Gasteiger partial charge in [-0.3, -0.25) is 4.79 Å². The smallest absolute Gasteiger partial charge is 0.408 e. The fraction of sp³-hybridized carbons (Fsp3) is 0.476. The molecule has 0 unspecified atom stereocenters. The van der Waals surface area contributed by atoms with E-state index in [9.17, 15) is 19.5 Å². The summed E-state index contributed by atoms with van der Waals surface area (Å²) in [6, 6.07) is 6.37. The Bertz CT molecular complexity index is 880. The molecule has 8 heteroatoms. The van der Waals surface area contributed by atoms with Gasteiger partial charge in [0.25, 0.3) is 0 Å². The van der Waals surface area contributed by atoms with Crippen LogP contribution in [0.15, 0.2) is 30.5 Å². The van der Waals surface area contributed by atoms with E-state index in [2.05, 4.69) is 15.6 Å². The Morgan fingerprint density at radius 3 is 2.34 bits per heavy atom. The van der Waals surface area contributed by atoms with Gasteiger partial charge in [-0.2, -0.15) is 0 Å². The first-order valence-electron chi connectivity index (χ1n) is 8.99. The van der Waals surface area contributed by atoms with Gasteiger partial charge < -0.3 is 25.5 Å². The molecule has 0 aliphatic rings. The summed E-state index contributed by atoms with van der Waals surface area (Å²) in [4.78, 5) is 39.4. The summed E-state index contributed by atoms with van der Waals surface area (Å²) in [7, 11) is 0. The van der Waals surface area contributed by atoms with E-state index in [0.717, 1.165) is 16.5 Å². The minimum atomic E-state index is -1.35. The highest BCUT2D eigenvalue weighted by molar-refractivity contribution is 5.92. The van der Waals surface area contributed by atoms with E-state index >= 15 is 0 Å². The largest absolute Gasteiger partial charge is 0.480 e. The molecule has 0 saturated carbocycles. The number of carboxylic acid groups (broad SMARTS) is 1. The van der Waals surface area contributed by atoms with Crippen molar-refractivity contribution in [1.82, 2.24) is 15.6 Å². The topological polar surface area (TPSA) is 121 Å². The number of carboxylic acids is 1. The van der Waals surface area contributed by atoms with Crippen LogP contribution in [0.4, 0.5) is 4.79 Å². The minimum Gasteiger partial charge on any atom is -0.480 e. The van der Waals surface area contributed by atoms with Gasteiger partial charge in [0.15, 0.2) is 0 Å². The Morgan fingerprint density at radius 2 is 1.76 bits per heavy atom. The van der Waals surface area contributed by atoms with Gasteiger partial charge in [-0.15, -0.1) is 0 Å². The van der Waals surface area contributed by atoms with Gasteiger partial charge in [-0.05, 0) is 46.2 Å². The molecule has 0 aliphatic carbocycles. The number of hydrogen-bond acceptors (Lipinski definition) is 4. The van der Waals surface area contributed by atoms with Crippen molar-refractivity contribution in [3.05, 3.63) is 36.0 Å². The van der Waals surface area contributed by atoms with Crippen LogP contribution in [-0.4, -0.2) is 45.2 Å². The van der Waals surface area contributed by atoms with Crippen LogP contribution in [0.5, 0.6) is 0 Å². The summed E-state index contributed by atoms with van der Waals surface area (Å²) in [6.07, 6.45) is 1.08. The number of benzene rings is 1. The summed E-state index contributed by atoms with van der Waals surface area (Å²) in [5.41, 5.74) is -0.396. The molecule has 0 bridgehead atoms. The Kier molecular flexibility index (Phi) is 7.43. The normalized spacial score (nSPS) is 12.6. The summed E-state index contributed by atoms with van der Waals surface area (Å²) in [5.74, 6) is -1.78. The molecule has 0 aliphatic heterocycles. The van der Waals surface area contributed by atoms with Gasteiger partial charge in [0.1, 0.15) is 17.2 Å². The standard InChI is InChI=1S/C20H27N3O5.CH4/c1-19(2,3)28-18(27)23-20(4,5)17(26)22-15(16(24)25)10-12-11-21-14-9-7-6-8-13(12)14;/h6-9,11,15,21H,10H2,1-5H3,(H,22,26)(H,23,27)(H,24,25);1H4/t15-;/m1./s1. The molecule has 1 aromatic heterocycles. The number of nitrogens with one attached hydrogen (secondary N) is 3. The van der Waals surface area contributed by atoms with Gasteiger partial charge in [0.2, 0.25) is 5.91 Å². The molecule has 1 aromatic carbocycles. The fourth-order valence-corrected chi connectivity index (χ4v) is 2.67. The number of para-hydroxylation sites is 1. The number of H-pyrrole nitrogens is 1. The Morgan fingerprint density at radius 1 is 1.14 bits per heavy atom. The SMILES string of the molecule is C.CC(C)(C)OC(=O)NC(C)(C)C(=O)N[C@H](Cc1c[nH]c2ccccc12)C(=O)O. The van der Waals surface area contributed by atoms with E-state index in [0.29, 0.717) is 0 Å². The molecule has 0 fully saturated rings. The molecule has 1 atom stereocenters. The maximum absolute atomic E-state index is 12.6. The molecule has 8 nitrogen and oxygen atoms in total. The number of aromatic amines is 1. The molecule has 160 valence electrons. The highest BCUT2D eigenvalue weighted by atomic mass is 16.6. The number of ether oxygens (including phenoxy) is 1. The molecule has 0 spiro atoms. The van der Waals surface area contributed by atoms with Crippen LogP contribution < -0.4 is 10.6 Å². The first kappa shape index (κ1) is 24.0. The van der Waals surface area contributed by atoms with E-state index < -0.39 is 35.2 Å². The lowest BCUT2D eigenvalue weighted by atomic mass is 10.0. The van der Waals surface area contributed by atoms with Gasteiger partial charge in [-0.25, -0.2) is 9.59 Å². The number of fused-ring (bicyclic) bond motifs is 1. The molecule has 1 heterocycles. The second-order valence-electron chi connectivity index (χ2n) is 8.18. The van der Waals surface area contributed by atoms with Gasteiger partial charge in [0.05, 0.1) is 0 Å². The molecule has 0 radical (unpaired) electrons. The number of hydrogen-bond donors (Lipinski definition) is 4. The number of carbonyl (C=O) groups excluding carboxylic acids is 2. The zero-order valence-electron chi connectivity index (χ0n) is 16.8. The Hall–Kier alpha value is -3.03. The van der Waals surface area contributed by atoms with Crippen molar-refractivity contribution in [3.8, 4) is 0 Å². The van der Waals surface area contributed by atoms with E-state index in [1.54, 1.807) is 27.0 Å². The lowest BCUT2D eigenvalue weighted by Gasteiger charge is -2.28. The van der Waals surface area contributed by atoms with Crippen LogP contribution in [0, 0.1) is 0 Å². The molecular weight excluding hydrogens is 374 g/mol. The fourth-order valence-electron chi connectivity index (χ4n) is 2.67. The van der Waals surface area contributed by atoms with Crippen LogP contribution >= 0.6 is 0 Å². The number of rotatable bonds is 6. The first-order valence-corrected chi connectivity index (χ1v) is 8.99. The van der Waals surface area contributed by atoms with Crippen molar-refractivity contribution >= 4 is 28.9 Å². The minimum absolute atomic E-state index is 0. The number of aliphatic carboxylic acids is 1. The van der Waals surface area contributed by atoms with Gasteiger partial charge in [-0.1, -0.05) is 25.6 Å². The van der Waals surface area contributed by atoms with Crippen LogP contribution in [0.2, 0.25) is 0 Å². The van der Waals surface area contributed by atoms with Crippen molar-refractivity contribution in [2.45, 2.75) is 65.6 Å². The predicted molar refractivity (Wildman–Crippen MR) is 112 cm³/mol. The van der Waals surface area contributed by atoms with Crippen molar-refractivity contribution in [1.29, 1.82) is 0 Å². The zero-order chi connectivity index (χ0) is 21.1. The summed E-state index contributed by atoms with van der Waals surface area (Å²) in [5, 5.41) is 15.4. The van der Waals surface area contributed by atoms with Crippen LogP contribution in [0.3, 0.4) is 0 Å². The maximum atomic E-state index is 12.6. The Labute approximate surface area is 171 Å². The molecular formula is C21H31N3O5. The third-order valence-corrected chi connectivity index (χ3v) is 4.08. The quantitative estimate of drug-likeness (QED) is 0.588. The monoisotopic (exact) mass is 405 g/mol. The average molecular weight is 405 g/mol. The highest BCUT2D eigenvalue weighted by Crippen LogP contribution is 2.19. The van der Waals surface area contributed by atoms with Crippen LogP contribution in [0.25, 0.3) is 10.9 Å². The average Bonchev–Trinajstić information content (AvgIpc) is 2.94. The van der Waals surface area contributed by atoms with Gasteiger partial charge in [0, 0.05) is 23.5 Å². The molecule has 0 saturated heterocycles. The summed E-state index contributed by atoms with van der Waals surface area (Å²) in [6.45, 7) is 8.09. The van der Waals surface area contributed by atoms with Crippen molar-refractivity contribution in [2.75, 3.05) is 0 Å². The third-order valence-electron chi connectivity index (χ3n) is 4.08.